The molecule has 1 aliphatic rings. The number of likely N-dealkylation sites (tertiary alicyclic amines) is 1. The van der Waals surface area contributed by atoms with Crippen molar-refractivity contribution in [1.82, 2.24) is 4.90 Å². The van der Waals surface area contributed by atoms with Crippen LogP contribution in [0.3, 0.4) is 0 Å². The van der Waals surface area contributed by atoms with E-state index >= 15 is 0 Å². The number of benzene rings is 1. The van der Waals surface area contributed by atoms with Crippen LogP contribution >= 0.6 is 0 Å². The van der Waals surface area contributed by atoms with E-state index in [2.05, 4.69) is 12.1 Å². The number of hydrogen-bond donors (Lipinski definition) is 1. The lowest BCUT2D eigenvalue weighted by Gasteiger charge is -2.31. The van der Waals surface area contributed by atoms with Crippen molar-refractivity contribution in [3.8, 4) is 0 Å². The first-order valence-corrected chi connectivity index (χ1v) is 6.35. The van der Waals surface area contributed by atoms with Crippen molar-refractivity contribution in [2.24, 2.45) is 0 Å². The molecule has 1 amide bonds. The van der Waals surface area contributed by atoms with Crippen molar-refractivity contribution in [1.29, 1.82) is 0 Å². The first-order chi connectivity index (χ1) is 8.66. The van der Waals surface area contributed by atoms with E-state index in [4.69, 9.17) is 9.84 Å². The number of amides is 1. The van der Waals surface area contributed by atoms with E-state index in [0.717, 1.165) is 18.4 Å². The maximum Gasteiger partial charge on any atom is 0.407 e. The SMILES string of the molecule is CC(OC1CCN(C(=O)O)CC1)c1ccccc1. The van der Waals surface area contributed by atoms with Crippen molar-refractivity contribution >= 4 is 6.09 Å². The Balaban J connectivity index is 1.83. The maximum absolute atomic E-state index is 10.8. The molecule has 18 heavy (non-hydrogen) atoms. The number of rotatable bonds is 3. The van der Waals surface area contributed by atoms with Gasteiger partial charge in [0.15, 0.2) is 0 Å². The molecule has 4 nitrogen and oxygen atoms in total. The summed E-state index contributed by atoms with van der Waals surface area (Å²) < 4.78 is 5.99. The van der Waals surface area contributed by atoms with Gasteiger partial charge in [-0.15, -0.1) is 0 Å². The minimum Gasteiger partial charge on any atom is -0.465 e. The van der Waals surface area contributed by atoms with Gasteiger partial charge in [-0.3, -0.25) is 0 Å². The van der Waals surface area contributed by atoms with E-state index in [0.29, 0.717) is 13.1 Å². The topological polar surface area (TPSA) is 49.8 Å². The number of hydrogen-bond acceptors (Lipinski definition) is 2. The van der Waals surface area contributed by atoms with Crippen LogP contribution in [0.5, 0.6) is 0 Å². The Bertz CT molecular complexity index is 385. The van der Waals surface area contributed by atoms with Crippen LogP contribution in [-0.2, 0) is 4.74 Å². The Kier molecular flexibility index (Phi) is 4.20. The van der Waals surface area contributed by atoms with Crippen LogP contribution in [0.25, 0.3) is 0 Å². The van der Waals surface area contributed by atoms with Gasteiger partial charge in [-0.2, -0.15) is 0 Å². The Morgan fingerprint density at radius 2 is 1.94 bits per heavy atom. The molecule has 0 saturated carbocycles. The fourth-order valence-electron chi connectivity index (χ4n) is 2.27. The second-order valence-corrected chi connectivity index (χ2v) is 4.66. The van der Waals surface area contributed by atoms with E-state index in [1.807, 2.05) is 25.1 Å². The molecule has 1 saturated heterocycles. The molecule has 1 N–H and O–H groups in total. The third-order valence-corrected chi connectivity index (χ3v) is 3.38. The van der Waals surface area contributed by atoms with Gasteiger partial charge in [0.2, 0.25) is 0 Å². The monoisotopic (exact) mass is 249 g/mol. The molecule has 0 radical (unpaired) electrons. The third-order valence-electron chi connectivity index (χ3n) is 3.38. The number of carboxylic acid groups (broad SMARTS) is 1. The predicted molar refractivity (Wildman–Crippen MR) is 68.6 cm³/mol. The average molecular weight is 249 g/mol. The van der Waals surface area contributed by atoms with Crippen LogP contribution in [0, 0.1) is 0 Å². The Morgan fingerprint density at radius 1 is 1.33 bits per heavy atom. The van der Waals surface area contributed by atoms with Crippen LogP contribution < -0.4 is 0 Å². The highest BCUT2D eigenvalue weighted by molar-refractivity contribution is 5.64. The quantitative estimate of drug-likeness (QED) is 0.896. The van der Waals surface area contributed by atoms with Crippen molar-refractivity contribution in [3.05, 3.63) is 35.9 Å². The highest BCUT2D eigenvalue weighted by Crippen LogP contribution is 2.23. The molecule has 1 heterocycles. The molecule has 0 aliphatic carbocycles. The predicted octanol–water partition coefficient (Wildman–Crippen LogP) is 2.91. The molecule has 1 aromatic carbocycles. The zero-order valence-corrected chi connectivity index (χ0v) is 10.6. The van der Waals surface area contributed by atoms with Gasteiger partial charge in [0, 0.05) is 13.1 Å². The summed E-state index contributed by atoms with van der Waals surface area (Å²) in [5, 5.41) is 8.87. The summed E-state index contributed by atoms with van der Waals surface area (Å²) in [6, 6.07) is 10.1. The highest BCUT2D eigenvalue weighted by Gasteiger charge is 2.24. The summed E-state index contributed by atoms with van der Waals surface area (Å²) in [5.74, 6) is 0. The highest BCUT2D eigenvalue weighted by atomic mass is 16.5. The Labute approximate surface area is 107 Å². The van der Waals surface area contributed by atoms with Gasteiger partial charge in [-0.05, 0) is 25.3 Å². The second-order valence-electron chi connectivity index (χ2n) is 4.66. The van der Waals surface area contributed by atoms with E-state index in [1.165, 1.54) is 4.90 Å². The van der Waals surface area contributed by atoms with Crippen molar-refractivity contribution in [2.75, 3.05) is 13.1 Å². The molecular weight excluding hydrogens is 230 g/mol. The molecule has 4 heteroatoms. The third kappa shape index (κ3) is 3.23. The molecule has 1 unspecified atom stereocenters. The lowest BCUT2D eigenvalue weighted by atomic mass is 10.1. The summed E-state index contributed by atoms with van der Waals surface area (Å²) in [7, 11) is 0. The lowest BCUT2D eigenvalue weighted by molar-refractivity contribution is -0.0331. The van der Waals surface area contributed by atoms with E-state index in [9.17, 15) is 4.79 Å². The standard InChI is InChI=1S/C14H19NO3/c1-11(12-5-3-2-4-6-12)18-13-7-9-15(10-8-13)14(16)17/h2-6,11,13H,7-10H2,1H3,(H,16,17). The van der Waals surface area contributed by atoms with Gasteiger partial charge >= 0.3 is 6.09 Å². The Hall–Kier alpha value is -1.55. The van der Waals surface area contributed by atoms with Crippen LogP contribution in [0.1, 0.15) is 31.4 Å². The average Bonchev–Trinajstić information content (AvgIpc) is 2.40. The van der Waals surface area contributed by atoms with Crippen molar-refractivity contribution in [2.45, 2.75) is 32.0 Å². The minimum absolute atomic E-state index is 0.0626. The fraction of sp³-hybridized carbons (Fsp3) is 0.500. The number of carbonyl (C=O) groups is 1. The molecule has 1 atom stereocenters. The Morgan fingerprint density at radius 3 is 2.50 bits per heavy atom. The normalized spacial score (nSPS) is 18.6. The van der Waals surface area contributed by atoms with Crippen molar-refractivity contribution in [3.63, 3.8) is 0 Å². The van der Waals surface area contributed by atoms with Crippen LogP contribution in [-0.4, -0.2) is 35.3 Å². The molecule has 2 rings (SSSR count). The summed E-state index contributed by atoms with van der Waals surface area (Å²) in [6.07, 6.45) is 0.959. The van der Waals surface area contributed by atoms with Gasteiger partial charge < -0.3 is 14.7 Å². The smallest absolute Gasteiger partial charge is 0.407 e. The van der Waals surface area contributed by atoms with E-state index in [1.54, 1.807) is 0 Å². The van der Waals surface area contributed by atoms with Gasteiger partial charge in [0.05, 0.1) is 12.2 Å². The van der Waals surface area contributed by atoms with E-state index < -0.39 is 6.09 Å². The fourth-order valence-corrected chi connectivity index (χ4v) is 2.27. The maximum atomic E-state index is 10.8. The number of nitrogens with zero attached hydrogens (tertiary/aromatic N) is 1. The lowest BCUT2D eigenvalue weighted by Crippen LogP contribution is -2.40. The zero-order chi connectivity index (χ0) is 13.0. The molecule has 0 aromatic heterocycles. The van der Waals surface area contributed by atoms with Crippen molar-refractivity contribution < 1.29 is 14.6 Å². The molecular formula is C14H19NO3. The van der Waals surface area contributed by atoms with Gasteiger partial charge in [-0.25, -0.2) is 4.79 Å². The number of ether oxygens (including phenoxy) is 1. The summed E-state index contributed by atoms with van der Waals surface area (Å²) in [4.78, 5) is 12.2. The summed E-state index contributed by atoms with van der Waals surface area (Å²) in [6.45, 7) is 3.18. The zero-order valence-electron chi connectivity index (χ0n) is 10.6. The van der Waals surface area contributed by atoms with Crippen LogP contribution in [0.15, 0.2) is 30.3 Å². The summed E-state index contributed by atoms with van der Waals surface area (Å²) >= 11 is 0. The van der Waals surface area contributed by atoms with Crippen LogP contribution in [0.2, 0.25) is 0 Å². The van der Waals surface area contributed by atoms with Gasteiger partial charge in [0.25, 0.3) is 0 Å². The molecule has 0 bridgehead atoms. The number of piperidine rings is 1. The van der Waals surface area contributed by atoms with Gasteiger partial charge in [-0.1, -0.05) is 30.3 Å². The van der Waals surface area contributed by atoms with Crippen LogP contribution in [0.4, 0.5) is 4.79 Å². The second kappa shape index (κ2) is 5.87. The molecule has 1 aliphatic heterocycles. The largest absolute Gasteiger partial charge is 0.465 e. The first-order valence-electron chi connectivity index (χ1n) is 6.35. The van der Waals surface area contributed by atoms with E-state index in [-0.39, 0.29) is 12.2 Å². The first kappa shape index (κ1) is 12.9. The molecule has 98 valence electrons. The van der Waals surface area contributed by atoms with Gasteiger partial charge in [0.1, 0.15) is 0 Å². The molecule has 1 fully saturated rings. The molecule has 0 spiro atoms. The summed E-state index contributed by atoms with van der Waals surface area (Å²) in [5.41, 5.74) is 1.16. The molecule has 1 aromatic rings. The minimum atomic E-state index is -0.829.